The number of fused-ring (bicyclic) bond motifs is 1. The largest absolute Gasteiger partial charge is 0.474 e. The van der Waals surface area contributed by atoms with E-state index in [4.69, 9.17) is 4.74 Å². The Balaban J connectivity index is 1.67. The minimum atomic E-state index is -0.118. The molecule has 0 radical (unpaired) electrons. The quantitative estimate of drug-likeness (QED) is 0.418. The smallest absolute Gasteiger partial charge is 0.231 e. The SMILES string of the molecule is CCC1(CN(C=O)CCO)CCc2c(-c3cnc(-c4cnc(OC(C)C)c(C#N)c4)s3)cccc21. The zero-order valence-electron chi connectivity index (χ0n) is 20.3. The first-order valence-electron chi connectivity index (χ1n) is 11.9. The first-order valence-corrected chi connectivity index (χ1v) is 12.7. The lowest BCUT2D eigenvalue weighted by atomic mass is 9.78. The van der Waals surface area contributed by atoms with E-state index in [0.717, 1.165) is 46.7 Å². The van der Waals surface area contributed by atoms with E-state index in [1.54, 1.807) is 28.5 Å². The Bertz CT molecular complexity index is 1250. The summed E-state index contributed by atoms with van der Waals surface area (Å²) >= 11 is 1.58. The normalized spacial score (nSPS) is 16.7. The van der Waals surface area contributed by atoms with Crippen molar-refractivity contribution in [2.45, 2.75) is 51.6 Å². The molecular formula is C27H30N4O3S. The molecule has 8 heteroatoms. The lowest BCUT2D eigenvalue weighted by Crippen LogP contribution is -2.40. The van der Waals surface area contributed by atoms with Gasteiger partial charge >= 0.3 is 0 Å². The number of aliphatic hydroxyl groups excluding tert-OH is 1. The number of nitrogens with zero attached hydrogens (tertiary/aromatic N) is 4. The van der Waals surface area contributed by atoms with Crippen LogP contribution in [0.2, 0.25) is 0 Å². The van der Waals surface area contributed by atoms with Crippen molar-refractivity contribution in [2.24, 2.45) is 0 Å². The lowest BCUT2D eigenvalue weighted by Gasteiger charge is -2.34. The van der Waals surface area contributed by atoms with Gasteiger partial charge in [0.2, 0.25) is 12.3 Å². The number of rotatable bonds is 10. The number of nitriles is 1. The highest BCUT2D eigenvalue weighted by Gasteiger charge is 2.39. The third-order valence-electron chi connectivity index (χ3n) is 6.66. The van der Waals surface area contributed by atoms with Gasteiger partial charge in [0, 0.05) is 36.5 Å². The van der Waals surface area contributed by atoms with Crippen LogP contribution in [0.3, 0.4) is 0 Å². The van der Waals surface area contributed by atoms with Crippen molar-refractivity contribution in [2.75, 3.05) is 19.7 Å². The summed E-state index contributed by atoms with van der Waals surface area (Å²) in [5.74, 6) is 0.338. The second-order valence-electron chi connectivity index (χ2n) is 9.15. The van der Waals surface area contributed by atoms with Crippen molar-refractivity contribution < 1.29 is 14.6 Å². The highest BCUT2D eigenvalue weighted by Crippen LogP contribution is 2.46. The van der Waals surface area contributed by atoms with Crippen LogP contribution in [0.25, 0.3) is 21.0 Å². The molecule has 1 aliphatic carbocycles. The number of hydrogen-bond acceptors (Lipinski definition) is 7. The number of thiazole rings is 1. The molecular weight excluding hydrogens is 460 g/mol. The number of aromatic nitrogens is 2. The Morgan fingerprint density at radius 1 is 1.34 bits per heavy atom. The molecule has 1 aromatic carbocycles. The summed E-state index contributed by atoms with van der Waals surface area (Å²) in [7, 11) is 0. The van der Waals surface area contributed by atoms with Gasteiger partial charge in [-0.1, -0.05) is 25.1 Å². The minimum Gasteiger partial charge on any atom is -0.474 e. The zero-order valence-corrected chi connectivity index (χ0v) is 21.1. The van der Waals surface area contributed by atoms with Crippen LogP contribution >= 0.6 is 11.3 Å². The van der Waals surface area contributed by atoms with Gasteiger partial charge in [0.1, 0.15) is 16.6 Å². The lowest BCUT2D eigenvalue weighted by molar-refractivity contribution is -0.119. The summed E-state index contributed by atoms with van der Waals surface area (Å²) in [5, 5.41) is 19.7. The van der Waals surface area contributed by atoms with Crippen molar-refractivity contribution in [3.8, 4) is 33.0 Å². The van der Waals surface area contributed by atoms with E-state index in [1.165, 1.54) is 11.1 Å². The molecule has 2 heterocycles. The average Bonchev–Trinajstić information content (AvgIpc) is 3.49. The molecule has 1 unspecified atom stereocenters. The molecule has 1 atom stereocenters. The van der Waals surface area contributed by atoms with Crippen LogP contribution in [0, 0.1) is 11.3 Å². The van der Waals surface area contributed by atoms with Gasteiger partial charge in [-0.3, -0.25) is 4.79 Å². The molecule has 7 nitrogen and oxygen atoms in total. The Hall–Kier alpha value is -3.28. The molecule has 182 valence electrons. The van der Waals surface area contributed by atoms with Crippen LogP contribution < -0.4 is 4.74 Å². The highest BCUT2D eigenvalue weighted by molar-refractivity contribution is 7.18. The number of carbonyl (C=O) groups is 1. The van der Waals surface area contributed by atoms with Gasteiger partial charge in [-0.15, -0.1) is 11.3 Å². The van der Waals surface area contributed by atoms with Crippen LogP contribution in [0.1, 0.15) is 50.3 Å². The predicted molar refractivity (Wildman–Crippen MR) is 136 cm³/mol. The van der Waals surface area contributed by atoms with Crippen LogP contribution in [0.5, 0.6) is 5.88 Å². The maximum atomic E-state index is 11.6. The van der Waals surface area contributed by atoms with Crippen molar-refractivity contribution in [3.05, 3.63) is 53.3 Å². The Morgan fingerprint density at radius 3 is 2.86 bits per heavy atom. The van der Waals surface area contributed by atoms with E-state index in [9.17, 15) is 15.2 Å². The molecule has 0 fully saturated rings. The molecule has 1 amide bonds. The van der Waals surface area contributed by atoms with E-state index in [0.29, 0.717) is 24.5 Å². The van der Waals surface area contributed by atoms with Gasteiger partial charge < -0.3 is 14.7 Å². The second kappa shape index (κ2) is 10.5. The van der Waals surface area contributed by atoms with E-state index in [-0.39, 0.29) is 18.1 Å². The molecule has 4 rings (SSSR count). The summed E-state index contributed by atoms with van der Waals surface area (Å²) in [6.07, 6.45) is 7.17. The molecule has 0 saturated heterocycles. The fourth-order valence-electron chi connectivity index (χ4n) is 4.91. The van der Waals surface area contributed by atoms with E-state index in [2.05, 4.69) is 41.2 Å². The number of pyridine rings is 1. The van der Waals surface area contributed by atoms with E-state index < -0.39 is 0 Å². The van der Waals surface area contributed by atoms with Crippen LogP contribution in [-0.2, 0) is 16.6 Å². The van der Waals surface area contributed by atoms with Crippen molar-refractivity contribution in [3.63, 3.8) is 0 Å². The molecule has 35 heavy (non-hydrogen) atoms. The minimum absolute atomic E-state index is 0.0397. The second-order valence-corrected chi connectivity index (χ2v) is 10.2. The standard InChI is InChI=1S/C27H30N4O3S/c1-4-27(16-31(17-33)10-11-32)9-8-21-22(6-5-7-23(21)27)24-15-30-26(35-24)20-12-19(13-28)25(29-14-20)34-18(2)3/h5-7,12,14-15,17-18,32H,4,8-11,16H2,1-3H3. The van der Waals surface area contributed by atoms with E-state index >= 15 is 0 Å². The third kappa shape index (κ3) is 4.93. The molecule has 1 N–H and O–H groups in total. The topological polar surface area (TPSA) is 99.3 Å². The van der Waals surface area contributed by atoms with Crippen molar-refractivity contribution in [1.29, 1.82) is 5.26 Å². The van der Waals surface area contributed by atoms with Gasteiger partial charge in [0.05, 0.1) is 17.6 Å². The molecule has 0 spiro atoms. The van der Waals surface area contributed by atoms with Crippen molar-refractivity contribution in [1.82, 2.24) is 14.9 Å². The Labute approximate surface area is 210 Å². The molecule has 3 aromatic rings. The van der Waals surface area contributed by atoms with Crippen LogP contribution in [0.4, 0.5) is 0 Å². The first kappa shape index (κ1) is 24.8. The summed E-state index contributed by atoms with van der Waals surface area (Å²) in [6, 6.07) is 10.3. The number of ether oxygens (including phenoxy) is 1. The Morgan fingerprint density at radius 2 is 2.17 bits per heavy atom. The number of benzene rings is 1. The fourth-order valence-corrected chi connectivity index (χ4v) is 5.86. The van der Waals surface area contributed by atoms with Gasteiger partial charge in [-0.05, 0) is 55.9 Å². The van der Waals surface area contributed by atoms with Crippen LogP contribution in [-0.4, -0.2) is 52.2 Å². The summed E-state index contributed by atoms with van der Waals surface area (Å²) in [4.78, 5) is 23.3. The number of carbonyl (C=O) groups excluding carboxylic acids is 1. The van der Waals surface area contributed by atoms with E-state index in [1.807, 2.05) is 20.0 Å². The fraction of sp³-hybridized carbons (Fsp3) is 0.407. The summed E-state index contributed by atoms with van der Waals surface area (Å²) in [6.45, 7) is 6.88. The zero-order chi connectivity index (χ0) is 25.0. The Kier molecular flexibility index (Phi) is 7.48. The maximum Gasteiger partial charge on any atom is 0.231 e. The average molecular weight is 491 g/mol. The monoisotopic (exact) mass is 490 g/mol. The van der Waals surface area contributed by atoms with Crippen molar-refractivity contribution >= 4 is 17.7 Å². The summed E-state index contributed by atoms with van der Waals surface area (Å²) < 4.78 is 5.64. The highest BCUT2D eigenvalue weighted by atomic mass is 32.1. The predicted octanol–water partition coefficient (Wildman–Crippen LogP) is 4.58. The number of amides is 1. The summed E-state index contributed by atoms with van der Waals surface area (Å²) in [5.41, 5.74) is 4.80. The van der Waals surface area contributed by atoms with Gasteiger partial charge in [0.15, 0.2) is 0 Å². The van der Waals surface area contributed by atoms with Crippen LogP contribution in [0.15, 0.2) is 36.7 Å². The number of aliphatic hydroxyl groups is 1. The first-order chi connectivity index (χ1) is 16.9. The molecule has 0 bridgehead atoms. The molecule has 0 aliphatic heterocycles. The molecule has 2 aromatic heterocycles. The number of hydrogen-bond donors (Lipinski definition) is 1. The van der Waals surface area contributed by atoms with Gasteiger partial charge in [-0.25, -0.2) is 9.97 Å². The van der Waals surface area contributed by atoms with Gasteiger partial charge in [0.25, 0.3) is 0 Å². The molecule has 1 aliphatic rings. The third-order valence-corrected chi connectivity index (χ3v) is 7.74. The van der Waals surface area contributed by atoms with Gasteiger partial charge in [-0.2, -0.15) is 5.26 Å². The maximum absolute atomic E-state index is 11.6. The molecule has 0 saturated carbocycles.